The second-order valence-corrected chi connectivity index (χ2v) is 3.44. The molecule has 1 unspecified atom stereocenters. The van der Waals surface area contributed by atoms with E-state index in [1.165, 1.54) is 13.1 Å². The monoisotopic (exact) mass is 247 g/mol. The summed E-state index contributed by atoms with van der Waals surface area (Å²) in [4.78, 5) is 14.0. The Morgan fingerprint density at radius 1 is 1.77 bits per heavy atom. The van der Waals surface area contributed by atoms with Crippen molar-refractivity contribution in [2.24, 2.45) is 0 Å². The van der Waals surface area contributed by atoms with Gasteiger partial charge in [-0.1, -0.05) is 15.9 Å². The van der Waals surface area contributed by atoms with E-state index in [4.69, 9.17) is 5.11 Å². The Balaban J connectivity index is 3.08. The number of pyridine rings is 1. The molecule has 70 valence electrons. The second kappa shape index (κ2) is 3.83. The van der Waals surface area contributed by atoms with Gasteiger partial charge < -0.3 is 5.11 Å². The van der Waals surface area contributed by atoms with E-state index in [0.717, 1.165) is 6.07 Å². The molecule has 0 bridgehead atoms. The van der Waals surface area contributed by atoms with Gasteiger partial charge in [-0.25, -0.2) is 4.98 Å². The van der Waals surface area contributed by atoms with Crippen LogP contribution in [0.2, 0.25) is 0 Å². The van der Waals surface area contributed by atoms with E-state index in [9.17, 15) is 9.18 Å². The first-order chi connectivity index (χ1) is 6.02. The second-order valence-electron chi connectivity index (χ2n) is 2.59. The molecule has 1 atom stereocenters. The Hall–Kier alpha value is -0.970. The highest BCUT2D eigenvalue weighted by Crippen LogP contribution is 2.24. The molecule has 0 aliphatic heterocycles. The van der Waals surface area contributed by atoms with Gasteiger partial charge in [-0.3, -0.25) is 4.79 Å². The van der Waals surface area contributed by atoms with Crippen molar-refractivity contribution < 1.29 is 14.3 Å². The Morgan fingerprint density at radius 3 is 2.85 bits per heavy atom. The molecule has 0 aliphatic carbocycles. The number of rotatable bonds is 2. The van der Waals surface area contributed by atoms with E-state index in [0.29, 0.717) is 10.0 Å². The summed E-state index contributed by atoms with van der Waals surface area (Å²) in [6.45, 7) is 1.52. The number of aromatic nitrogens is 1. The minimum Gasteiger partial charge on any atom is -0.481 e. The van der Waals surface area contributed by atoms with Gasteiger partial charge in [0.05, 0.1) is 5.92 Å². The fourth-order valence-electron chi connectivity index (χ4n) is 0.870. The van der Waals surface area contributed by atoms with Crippen LogP contribution in [0.3, 0.4) is 0 Å². The summed E-state index contributed by atoms with van der Waals surface area (Å²) in [6, 6.07) is 1.15. The lowest BCUT2D eigenvalue weighted by Crippen LogP contribution is -2.08. The van der Waals surface area contributed by atoms with Crippen LogP contribution in [-0.4, -0.2) is 16.1 Å². The minimum atomic E-state index is -0.964. The van der Waals surface area contributed by atoms with Gasteiger partial charge in [0, 0.05) is 16.7 Å². The van der Waals surface area contributed by atoms with Gasteiger partial charge in [0.25, 0.3) is 0 Å². The summed E-state index contributed by atoms with van der Waals surface area (Å²) in [6.07, 6.45) is 1.22. The molecule has 1 rings (SSSR count). The number of hydrogen-bond donors (Lipinski definition) is 1. The fraction of sp³-hybridized carbons (Fsp3) is 0.250. The van der Waals surface area contributed by atoms with Crippen LogP contribution in [0.1, 0.15) is 18.4 Å². The third kappa shape index (κ3) is 2.24. The van der Waals surface area contributed by atoms with Crippen LogP contribution in [0.4, 0.5) is 4.39 Å². The molecule has 1 aromatic heterocycles. The quantitative estimate of drug-likeness (QED) is 0.816. The zero-order chi connectivity index (χ0) is 10.0. The van der Waals surface area contributed by atoms with E-state index in [-0.39, 0.29) is 0 Å². The molecule has 3 nitrogen and oxygen atoms in total. The molecule has 1 heterocycles. The minimum absolute atomic E-state index is 0.426. The normalized spacial score (nSPS) is 12.5. The highest BCUT2D eigenvalue weighted by atomic mass is 79.9. The molecular formula is C8H7BrFNO2. The van der Waals surface area contributed by atoms with Gasteiger partial charge >= 0.3 is 5.97 Å². The van der Waals surface area contributed by atoms with Gasteiger partial charge in [0.15, 0.2) is 0 Å². The van der Waals surface area contributed by atoms with Crippen LogP contribution < -0.4 is 0 Å². The predicted molar refractivity (Wildman–Crippen MR) is 47.9 cm³/mol. The van der Waals surface area contributed by atoms with E-state index >= 15 is 0 Å². The first-order valence-corrected chi connectivity index (χ1v) is 4.35. The number of carbonyl (C=O) groups is 1. The lowest BCUT2D eigenvalue weighted by Gasteiger charge is -2.07. The summed E-state index contributed by atoms with van der Waals surface area (Å²) in [7, 11) is 0. The molecule has 0 spiro atoms. The maximum absolute atomic E-state index is 12.5. The lowest BCUT2D eigenvalue weighted by molar-refractivity contribution is -0.138. The maximum atomic E-state index is 12.5. The van der Waals surface area contributed by atoms with Crippen molar-refractivity contribution in [1.29, 1.82) is 0 Å². The molecule has 0 saturated carbocycles. The standard InChI is InChI=1S/C8H7BrFNO2/c1-4(8(12)13)5-3-11-7(10)2-6(5)9/h2-4H,1H3,(H,12,13). The maximum Gasteiger partial charge on any atom is 0.310 e. The zero-order valence-electron chi connectivity index (χ0n) is 6.79. The number of hydrogen-bond acceptors (Lipinski definition) is 2. The first kappa shape index (κ1) is 10.1. The van der Waals surface area contributed by atoms with Crippen molar-refractivity contribution in [1.82, 2.24) is 4.98 Å². The summed E-state index contributed by atoms with van der Waals surface area (Å²) < 4.78 is 12.9. The number of carboxylic acids is 1. The molecule has 5 heteroatoms. The van der Waals surface area contributed by atoms with Crippen molar-refractivity contribution in [2.75, 3.05) is 0 Å². The fourth-order valence-corrected chi connectivity index (χ4v) is 1.50. The largest absolute Gasteiger partial charge is 0.481 e. The Morgan fingerprint density at radius 2 is 2.38 bits per heavy atom. The van der Waals surface area contributed by atoms with Crippen LogP contribution in [0.25, 0.3) is 0 Å². The molecule has 0 aliphatic rings. The molecule has 1 aromatic rings. The molecular weight excluding hydrogens is 241 g/mol. The Bertz CT molecular complexity index is 343. The molecule has 0 saturated heterocycles. The van der Waals surface area contributed by atoms with E-state index < -0.39 is 17.8 Å². The molecule has 13 heavy (non-hydrogen) atoms. The van der Waals surface area contributed by atoms with Crippen LogP contribution in [-0.2, 0) is 4.79 Å². The SMILES string of the molecule is CC(C(=O)O)c1cnc(F)cc1Br. The van der Waals surface area contributed by atoms with Crippen molar-refractivity contribution in [3.8, 4) is 0 Å². The lowest BCUT2D eigenvalue weighted by atomic mass is 10.0. The van der Waals surface area contributed by atoms with Gasteiger partial charge in [-0.15, -0.1) is 0 Å². The Labute approximate surface area is 82.7 Å². The van der Waals surface area contributed by atoms with Crippen molar-refractivity contribution >= 4 is 21.9 Å². The Kier molecular flexibility index (Phi) is 2.98. The van der Waals surface area contributed by atoms with Gasteiger partial charge in [0.1, 0.15) is 0 Å². The topological polar surface area (TPSA) is 50.2 Å². The number of carboxylic acid groups (broad SMARTS) is 1. The third-order valence-electron chi connectivity index (χ3n) is 1.69. The third-order valence-corrected chi connectivity index (χ3v) is 2.37. The number of aliphatic carboxylic acids is 1. The number of nitrogens with zero attached hydrogens (tertiary/aromatic N) is 1. The van der Waals surface area contributed by atoms with E-state index in [2.05, 4.69) is 20.9 Å². The number of halogens is 2. The molecule has 0 aromatic carbocycles. The van der Waals surface area contributed by atoms with Crippen LogP contribution in [0, 0.1) is 5.95 Å². The zero-order valence-corrected chi connectivity index (χ0v) is 8.38. The highest BCUT2D eigenvalue weighted by molar-refractivity contribution is 9.10. The smallest absolute Gasteiger partial charge is 0.310 e. The van der Waals surface area contributed by atoms with E-state index in [1.54, 1.807) is 0 Å². The van der Waals surface area contributed by atoms with Crippen molar-refractivity contribution in [3.63, 3.8) is 0 Å². The molecule has 0 amide bonds. The summed E-state index contributed by atoms with van der Waals surface area (Å²) in [5, 5.41) is 8.69. The average Bonchev–Trinajstić information content (AvgIpc) is 2.03. The summed E-state index contributed by atoms with van der Waals surface area (Å²) in [5.74, 6) is -2.29. The van der Waals surface area contributed by atoms with Gasteiger partial charge in [0.2, 0.25) is 5.95 Å². The predicted octanol–water partition coefficient (Wildman–Crippen LogP) is 2.17. The summed E-state index contributed by atoms with van der Waals surface area (Å²) >= 11 is 3.07. The average molecular weight is 248 g/mol. The molecule has 0 fully saturated rings. The van der Waals surface area contributed by atoms with Crippen molar-refractivity contribution in [3.05, 3.63) is 28.2 Å². The molecule has 1 N–H and O–H groups in total. The van der Waals surface area contributed by atoms with Crippen LogP contribution in [0.15, 0.2) is 16.7 Å². The van der Waals surface area contributed by atoms with Gasteiger partial charge in [-0.2, -0.15) is 4.39 Å². The van der Waals surface area contributed by atoms with Crippen LogP contribution in [0.5, 0.6) is 0 Å². The highest BCUT2D eigenvalue weighted by Gasteiger charge is 2.17. The molecule has 0 radical (unpaired) electrons. The van der Waals surface area contributed by atoms with Crippen LogP contribution >= 0.6 is 15.9 Å². The summed E-state index contributed by atoms with van der Waals surface area (Å²) in [5.41, 5.74) is 0.467. The van der Waals surface area contributed by atoms with Crippen molar-refractivity contribution in [2.45, 2.75) is 12.8 Å². The first-order valence-electron chi connectivity index (χ1n) is 3.56. The van der Waals surface area contributed by atoms with Gasteiger partial charge in [-0.05, 0) is 12.5 Å². The van der Waals surface area contributed by atoms with E-state index in [1.807, 2.05) is 0 Å².